The molecule has 0 fully saturated rings. The van der Waals surface area contributed by atoms with Crippen molar-refractivity contribution < 1.29 is 4.74 Å². The molecule has 0 aromatic heterocycles. The highest BCUT2D eigenvalue weighted by Gasteiger charge is 1.92. The van der Waals surface area contributed by atoms with Crippen LogP contribution in [0.25, 0.3) is 10.4 Å². The number of ether oxygens (including phenoxy) is 1. The first-order valence-corrected chi connectivity index (χ1v) is 7.15. The van der Waals surface area contributed by atoms with Crippen molar-refractivity contribution in [2.45, 2.75) is 26.2 Å². The Balaban J connectivity index is 0.000000240. The third kappa shape index (κ3) is 8.35. The molecule has 0 saturated heterocycles. The first kappa shape index (κ1) is 16.6. The van der Waals surface area contributed by atoms with Crippen LogP contribution in [-0.4, -0.2) is 6.54 Å². The van der Waals surface area contributed by atoms with Crippen molar-refractivity contribution in [3.63, 3.8) is 0 Å². The molecule has 110 valence electrons. The number of benzene rings is 2. The second-order valence-corrected chi connectivity index (χ2v) is 4.39. The number of hydrogen-bond acceptors (Lipinski definition) is 2. The molecule has 0 spiro atoms. The molecule has 0 N–H and O–H groups in total. The van der Waals surface area contributed by atoms with Crippen LogP contribution < -0.4 is 4.74 Å². The van der Waals surface area contributed by atoms with Gasteiger partial charge in [0, 0.05) is 11.5 Å². The predicted molar refractivity (Wildman–Crippen MR) is 86.5 cm³/mol. The smallest absolute Gasteiger partial charge is 0.127 e. The molecule has 0 atom stereocenters. The zero-order valence-corrected chi connectivity index (χ0v) is 12.4. The highest BCUT2D eigenvalue weighted by Crippen LogP contribution is 2.19. The lowest BCUT2D eigenvalue weighted by Gasteiger charge is -2.03. The van der Waals surface area contributed by atoms with Gasteiger partial charge < -0.3 is 4.74 Å². The lowest BCUT2D eigenvalue weighted by Crippen LogP contribution is -1.81. The fourth-order valence-corrected chi connectivity index (χ4v) is 1.59. The summed E-state index contributed by atoms with van der Waals surface area (Å²) in [5.41, 5.74) is 7.82. The molecule has 0 heterocycles. The number of nitrogens with zero attached hydrogens (tertiary/aromatic N) is 3. The molecular weight excluding hydrogens is 262 g/mol. The second-order valence-electron chi connectivity index (χ2n) is 4.39. The number of azide groups is 1. The summed E-state index contributed by atoms with van der Waals surface area (Å²) < 4.78 is 5.58. The van der Waals surface area contributed by atoms with E-state index in [1.54, 1.807) is 0 Å². The van der Waals surface area contributed by atoms with E-state index in [2.05, 4.69) is 16.9 Å². The summed E-state index contributed by atoms with van der Waals surface area (Å²) in [6.45, 7) is 2.78. The maximum Gasteiger partial charge on any atom is 0.127 e. The quantitative estimate of drug-likeness (QED) is 0.279. The van der Waals surface area contributed by atoms with E-state index in [1.165, 1.54) is 12.8 Å². The molecule has 2 aromatic carbocycles. The van der Waals surface area contributed by atoms with Gasteiger partial charge in [-0.15, -0.1) is 0 Å². The van der Waals surface area contributed by atoms with Gasteiger partial charge in [0.2, 0.25) is 0 Å². The molecule has 2 aromatic rings. The lowest BCUT2D eigenvalue weighted by molar-refractivity contribution is 0.482. The minimum atomic E-state index is 0.657. The lowest BCUT2D eigenvalue weighted by atomic mass is 10.3. The first-order chi connectivity index (χ1) is 10.4. The molecule has 0 bridgehead atoms. The van der Waals surface area contributed by atoms with E-state index in [4.69, 9.17) is 10.3 Å². The minimum Gasteiger partial charge on any atom is -0.457 e. The summed E-state index contributed by atoms with van der Waals surface area (Å²) in [7, 11) is 0. The monoisotopic (exact) mass is 283 g/mol. The van der Waals surface area contributed by atoms with Crippen molar-refractivity contribution in [1.29, 1.82) is 0 Å². The maximum atomic E-state index is 7.82. The van der Waals surface area contributed by atoms with Crippen molar-refractivity contribution in [3.05, 3.63) is 71.1 Å². The van der Waals surface area contributed by atoms with Crippen LogP contribution in [0, 0.1) is 0 Å². The third-order valence-corrected chi connectivity index (χ3v) is 2.65. The Labute approximate surface area is 126 Å². The van der Waals surface area contributed by atoms with E-state index in [-0.39, 0.29) is 0 Å². The van der Waals surface area contributed by atoms with Gasteiger partial charge in [-0.2, -0.15) is 0 Å². The molecule has 0 amide bonds. The van der Waals surface area contributed by atoms with Crippen LogP contribution in [0.2, 0.25) is 0 Å². The average molecular weight is 283 g/mol. The molecule has 0 saturated carbocycles. The molecule has 0 aliphatic heterocycles. The van der Waals surface area contributed by atoms with Gasteiger partial charge in [0.05, 0.1) is 0 Å². The highest BCUT2D eigenvalue weighted by molar-refractivity contribution is 5.30. The highest BCUT2D eigenvalue weighted by atomic mass is 16.5. The predicted octanol–water partition coefficient (Wildman–Crippen LogP) is 5.97. The summed E-state index contributed by atoms with van der Waals surface area (Å²) in [5, 5.41) is 3.39. The van der Waals surface area contributed by atoms with Gasteiger partial charge in [0.1, 0.15) is 11.5 Å². The normalized spacial score (nSPS) is 9.00. The fraction of sp³-hybridized carbons (Fsp3) is 0.294. The van der Waals surface area contributed by atoms with E-state index in [0.29, 0.717) is 6.54 Å². The Morgan fingerprint density at radius 2 is 1.43 bits per heavy atom. The zero-order valence-electron chi connectivity index (χ0n) is 12.4. The van der Waals surface area contributed by atoms with Gasteiger partial charge >= 0.3 is 0 Å². The van der Waals surface area contributed by atoms with Crippen molar-refractivity contribution in [1.82, 2.24) is 0 Å². The van der Waals surface area contributed by atoms with Gasteiger partial charge in [0.25, 0.3) is 0 Å². The van der Waals surface area contributed by atoms with Crippen LogP contribution in [0.15, 0.2) is 65.8 Å². The maximum absolute atomic E-state index is 7.82. The summed E-state index contributed by atoms with van der Waals surface area (Å²) >= 11 is 0. The van der Waals surface area contributed by atoms with Crippen molar-refractivity contribution in [2.24, 2.45) is 5.11 Å². The first-order valence-electron chi connectivity index (χ1n) is 7.15. The molecule has 2 rings (SSSR count). The van der Waals surface area contributed by atoms with E-state index >= 15 is 0 Å². The molecule has 4 nitrogen and oxygen atoms in total. The largest absolute Gasteiger partial charge is 0.457 e. The molecule has 4 heteroatoms. The van der Waals surface area contributed by atoms with Gasteiger partial charge in [-0.3, -0.25) is 0 Å². The number of unbranched alkanes of at least 4 members (excludes halogenated alkanes) is 2. The topological polar surface area (TPSA) is 58.0 Å². The minimum absolute atomic E-state index is 0.657. The van der Waals surface area contributed by atoms with Gasteiger partial charge in [-0.1, -0.05) is 61.3 Å². The number of hydrogen-bond donors (Lipinski definition) is 0. The molecular formula is C17H21N3O. The van der Waals surface area contributed by atoms with Crippen LogP contribution >= 0.6 is 0 Å². The zero-order chi connectivity index (χ0) is 15.2. The second kappa shape index (κ2) is 11.4. The van der Waals surface area contributed by atoms with Crippen molar-refractivity contribution >= 4 is 0 Å². The summed E-state index contributed by atoms with van der Waals surface area (Å²) in [6.07, 6.45) is 3.38. The number of rotatable bonds is 6. The van der Waals surface area contributed by atoms with E-state index in [0.717, 1.165) is 17.9 Å². The molecule has 0 aliphatic rings. The molecule has 0 radical (unpaired) electrons. The van der Waals surface area contributed by atoms with Crippen LogP contribution in [0.1, 0.15) is 26.2 Å². The third-order valence-electron chi connectivity index (χ3n) is 2.65. The summed E-state index contributed by atoms with van der Waals surface area (Å²) in [4.78, 5) is 2.63. The Hall–Kier alpha value is -2.45. The fourth-order valence-electron chi connectivity index (χ4n) is 1.59. The Kier molecular flexibility index (Phi) is 9.00. The molecule has 0 unspecified atom stereocenters. The average Bonchev–Trinajstić information content (AvgIpc) is 2.54. The molecule has 0 aliphatic carbocycles. The molecule has 21 heavy (non-hydrogen) atoms. The Morgan fingerprint density at radius 3 is 1.86 bits per heavy atom. The van der Waals surface area contributed by atoms with Gasteiger partial charge in [0.15, 0.2) is 0 Å². The standard InChI is InChI=1S/C12H10O.C5H11N3/c1-3-7-11(8-4-1)13-12-9-5-2-6-10-12;1-2-3-4-5-7-8-6/h1-10H;2-5H2,1H3. The summed E-state index contributed by atoms with van der Waals surface area (Å²) in [5.74, 6) is 1.74. The van der Waals surface area contributed by atoms with Crippen molar-refractivity contribution in [2.75, 3.05) is 6.54 Å². The summed E-state index contributed by atoms with van der Waals surface area (Å²) in [6, 6.07) is 19.5. The van der Waals surface area contributed by atoms with Crippen LogP contribution in [-0.2, 0) is 0 Å². The SMILES string of the molecule is CCCCCN=[N+]=[N-].c1ccc(Oc2ccccc2)cc1. The number of para-hydroxylation sites is 2. The van der Waals surface area contributed by atoms with Gasteiger partial charge in [-0.05, 0) is 36.2 Å². The van der Waals surface area contributed by atoms with E-state index in [1.807, 2.05) is 60.7 Å². The van der Waals surface area contributed by atoms with E-state index < -0.39 is 0 Å². The van der Waals surface area contributed by atoms with E-state index in [9.17, 15) is 0 Å². The van der Waals surface area contributed by atoms with Crippen molar-refractivity contribution in [3.8, 4) is 11.5 Å². The van der Waals surface area contributed by atoms with Crippen LogP contribution in [0.3, 0.4) is 0 Å². The Morgan fingerprint density at radius 1 is 0.905 bits per heavy atom. The van der Waals surface area contributed by atoms with Crippen LogP contribution in [0.5, 0.6) is 11.5 Å². The van der Waals surface area contributed by atoms with Gasteiger partial charge in [-0.25, -0.2) is 0 Å². The van der Waals surface area contributed by atoms with Crippen LogP contribution in [0.4, 0.5) is 0 Å². The Bertz CT molecular complexity index is 485.